The molecule has 2 rings (SSSR count). The Bertz CT molecular complexity index is 531. The van der Waals surface area contributed by atoms with E-state index < -0.39 is 0 Å². The molecule has 0 saturated carbocycles. The van der Waals surface area contributed by atoms with Gasteiger partial charge in [0, 0.05) is 31.4 Å². The maximum Gasteiger partial charge on any atom is 0.118 e. The molecule has 1 N–H and O–H groups in total. The quantitative estimate of drug-likeness (QED) is 0.897. The van der Waals surface area contributed by atoms with Gasteiger partial charge in [-0.1, -0.05) is 12.1 Å². The minimum atomic E-state index is 0.288. The van der Waals surface area contributed by atoms with Crippen LogP contribution in [0.4, 0.5) is 0 Å². The van der Waals surface area contributed by atoms with Gasteiger partial charge in [0.15, 0.2) is 0 Å². The Morgan fingerprint density at radius 3 is 2.53 bits per heavy atom. The minimum absolute atomic E-state index is 0.288. The smallest absolute Gasteiger partial charge is 0.118 e. The van der Waals surface area contributed by atoms with E-state index in [1.165, 1.54) is 11.1 Å². The van der Waals surface area contributed by atoms with Crippen LogP contribution in [0.15, 0.2) is 30.5 Å². The van der Waals surface area contributed by atoms with Gasteiger partial charge in [-0.2, -0.15) is 5.10 Å². The first-order valence-electron chi connectivity index (χ1n) is 6.46. The van der Waals surface area contributed by atoms with Crippen LogP contribution in [-0.4, -0.2) is 16.9 Å². The summed E-state index contributed by atoms with van der Waals surface area (Å²) in [5, 5.41) is 7.88. The molecule has 19 heavy (non-hydrogen) atoms. The number of nitrogens with zero attached hydrogens (tertiary/aromatic N) is 2. The summed E-state index contributed by atoms with van der Waals surface area (Å²) in [7, 11) is 3.63. The molecule has 1 aromatic heterocycles. The van der Waals surface area contributed by atoms with Crippen molar-refractivity contribution in [1.29, 1.82) is 0 Å². The third-order valence-electron chi connectivity index (χ3n) is 3.29. The molecule has 0 amide bonds. The Balaban J connectivity index is 1.96. The van der Waals surface area contributed by atoms with E-state index in [0.717, 1.165) is 18.0 Å². The van der Waals surface area contributed by atoms with Gasteiger partial charge >= 0.3 is 0 Å². The van der Waals surface area contributed by atoms with Gasteiger partial charge in [0.25, 0.3) is 0 Å². The van der Waals surface area contributed by atoms with Gasteiger partial charge < -0.3 is 10.1 Å². The zero-order chi connectivity index (χ0) is 13.8. The highest BCUT2D eigenvalue weighted by Crippen LogP contribution is 2.17. The Morgan fingerprint density at radius 1 is 1.32 bits per heavy atom. The van der Waals surface area contributed by atoms with Gasteiger partial charge in [-0.05, 0) is 31.5 Å². The molecular weight excluding hydrogens is 238 g/mol. The first-order valence-corrected chi connectivity index (χ1v) is 6.46. The molecule has 0 aliphatic heterocycles. The highest BCUT2D eigenvalue weighted by Gasteiger charge is 2.10. The van der Waals surface area contributed by atoms with Crippen LogP contribution in [0.3, 0.4) is 0 Å². The van der Waals surface area contributed by atoms with Gasteiger partial charge in [0.2, 0.25) is 0 Å². The first kappa shape index (κ1) is 13.6. The van der Waals surface area contributed by atoms with E-state index in [-0.39, 0.29) is 6.04 Å². The third kappa shape index (κ3) is 3.35. The normalized spacial score (nSPS) is 12.4. The zero-order valence-corrected chi connectivity index (χ0v) is 12.0. The van der Waals surface area contributed by atoms with Crippen molar-refractivity contribution in [2.24, 2.45) is 7.05 Å². The Hall–Kier alpha value is -1.81. The first-order chi connectivity index (χ1) is 9.10. The van der Waals surface area contributed by atoms with Crippen LogP contribution in [0.5, 0.6) is 5.75 Å². The van der Waals surface area contributed by atoms with Crippen LogP contribution in [-0.2, 0) is 13.6 Å². The number of benzene rings is 1. The number of nitrogens with one attached hydrogen (secondary N) is 1. The summed E-state index contributed by atoms with van der Waals surface area (Å²) in [5.74, 6) is 0.889. The molecule has 0 aliphatic rings. The maximum atomic E-state index is 5.15. The number of hydrogen-bond donors (Lipinski definition) is 1. The van der Waals surface area contributed by atoms with E-state index in [2.05, 4.69) is 35.7 Å². The molecule has 0 aliphatic carbocycles. The predicted molar refractivity (Wildman–Crippen MR) is 76.2 cm³/mol. The summed E-state index contributed by atoms with van der Waals surface area (Å²) in [6, 6.07) is 8.41. The second-order valence-corrected chi connectivity index (χ2v) is 4.79. The Kier molecular flexibility index (Phi) is 4.22. The molecule has 0 fully saturated rings. The standard InChI is InChI=1S/C15H21N3O/c1-11(15-10-18(3)17-12(15)2)16-9-13-5-7-14(19-4)8-6-13/h5-8,10-11,16H,9H2,1-4H3. The Labute approximate surface area is 114 Å². The fourth-order valence-electron chi connectivity index (χ4n) is 2.17. The van der Waals surface area contributed by atoms with Crippen molar-refractivity contribution in [2.75, 3.05) is 7.11 Å². The second-order valence-electron chi connectivity index (χ2n) is 4.79. The van der Waals surface area contributed by atoms with Crippen LogP contribution < -0.4 is 10.1 Å². The average molecular weight is 259 g/mol. The Morgan fingerprint density at radius 2 is 2.00 bits per heavy atom. The fraction of sp³-hybridized carbons (Fsp3) is 0.400. The molecule has 4 heteroatoms. The van der Waals surface area contributed by atoms with Gasteiger partial charge in [-0.3, -0.25) is 4.68 Å². The summed E-state index contributed by atoms with van der Waals surface area (Å²) in [4.78, 5) is 0. The molecule has 4 nitrogen and oxygen atoms in total. The van der Waals surface area contributed by atoms with Crippen molar-refractivity contribution in [1.82, 2.24) is 15.1 Å². The van der Waals surface area contributed by atoms with Crippen molar-refractivity contribution in [3.05, 3.63) is 47.3 Å². The lowest BCUT2D eigenvalue weighted by molar-refractivity contribution is 0.414. The van der Waals surface area contributed by atoms with E-state index in [9.17, 15) is 0 Å². The number of ether oxygens (including phenoxy) is 1. The van der Waals surface area contributed by atoms with Crippen molar-refractivity contribution in [3.63, 3.8) is 0 Å². The van der Waals surface area contributed by atoms with Crippen LogP contribution in [0.25, 0.3) is 0 Å². The molecule has 102 valence electrons. The fourth-order valence-corrected chi connectivity index (χ4v) is 2.17. The van der Waals surface area contributed by atoms with Crippen LogP contribution in [0, 0.1) is 6.92 Å². The minimum Gasteiger partial charge on any atom is -0.497 e. The number of aryl methyl sites for hydroxylation is 2. The molecule has 0 radical (unpaired) electrons. The van der Waals surface area contributed by atoms with Crippen molar-refractivity contribution in [3.8, 4) is 5.75 Å². The lowest BCUT2D eigenvalue weighted by Crippen LogP contribution is -2.18. The number of hydrogen-bond acceptors (Lipinski definition) is 3. The highest BCUT2D eigenvalue weighted by molar-refractivity contribution is 5.27. The molecule has 0 spiro atoms. The van der Waals surface area contributed by atoms with Crippen LogP contribution in [0.2, 0.25) is 0 Å². The molecule has 1 heterocycles. The SMILES string of the molecule is COc1ccc(CNC(C)c2cn(C)nc2C)cc1. The second kappa shape index (κ2) is 5.89. The summed E-state index contributed by atoms with van der Waals surface area (Å²) in [6.07, 6.45) is 2.07. The van der Waals surface area contributed by atoms with Crippen LogP contribution in [0.1, 0.15) is 29.8 Å². The zero-order valence-electron chi connectivity index (χ0n) is 12.0. The average Bonchev–Trinajstić information content (AvgIpc) is 2.75. The van der Waals surface area contributed by atoms with E-state index in [0.29, 0.717) is 0 Å². The molecule has 2 aromatic rings. The lowest BCUT2D eigenvalue weighted by atomic mass is 10.1. The monoisotopic (exact) mass is 259 g/mol. The van der Waals surface area contributed by atoms with Gasteiger partial charge in [-0.25, -0.2) is 0 Å². The molecular formula is C15H21N3O. The van der Waals surface area contributed by atoms with E-state index in [1.807, 2.05) is 30.8 Å². The van der Waals surface area contributed by atoms with Gasteiger partial charge in [-0.15, -0.1) is 0 Å². The lowest BCUT2D eigenvalue weighted by Gasteiger charge is -2.13. The van der Waals surface area contributed by atoms with Crippen molar-refractivity contribution in [2.45, 2.75) is 26.4 Å². The third-order valence-corrected chi connectivity index (χ3v) is 3.29. The molecule has 1 atom stereocenters. The summed E-state index contributed by atoms with van der Waals surface area (Å²) in [5.41, 5.74) is 3.57. The molecule has 1 unspecified atom stereocenters. The topological polar surface area (TPSA) is 39.1 Å². The van der Waals surface area contributed by atoms with Crippen LogP contribution >= 0.6 is 0 Å². The summed E-state index contributed by atoms with van der Waals surface area (Å²) in [6.45, 7) is 5.04. The van der Waals surface area contributed by atoms with Gasteiger partial charge in [0.1, 0.15) is 5.75 Å². The number of rotatable bonds is 5. The highest BCUT2D eigenvalue weighted by atomic mass is 16.5. The number of methoxy groups -OCH3 is 1. The summed E-state index contributed by atoms with van der Waals surface area (Å²) < 4.78 is 7.01. The van der Waals surface area contributed by atoms with E-state index in [1.54, 1.807) is 7.11 Å². The van der Waals surface area contributed by atoms with Gasteiger partial charge in [0.05, 0.1) is 12.8 Å². The molecule has 0 bridgehead atoms. The molecule has 1 aromatic carbocycles. The van der Waals surface area contributed by atoms with Crippen molar-refractivity contribution < 1.29 is 4.74 Å². The predicted octanol–water partition coefficient (Wildman–Crippen LogP) is 2.59. The largest absolute Gasteiger partial charge is 0.497 e. The number of aromatic nitrogens is 2. The summed E-state index contributed by atoms with van der Waals surface area (Å²) >= 11 is 0. The van der Waals surface area contributed by atoms with Crippen molar-refractivity contribution >= 4 is 0 Å². The molecule has 0 saturated heterocycles. The van der Waals surface area contributed by atoms with E-state index >= 15 is 0 Å². The maximum absolute atomic E-state index is 5.15. The van der Waals surface area contributed by atoms with E-state index in [4.69, 9.17) is 4.74 Å².